The van der Waals surface area contributed by atoms with Gasteiger partial charge in [0.2, 0.25) is 0 Å². The maximum absolute atomic E-state index is 7.50. The van der Waals surface area contributed by atoms with Gasteiger partial charge in [0.15, 0.2) is 0 Å². The van der Waals surface area contributed by atoms with Gasteiger partial charge >= 0.3 is 20.1 Å². The van der Waals surface area contributed by atoms with E-state index in [2.05, 4.69) is 196 Å². The minimum atomic E-state index is -0.446. The zero-order valence-corrected chi connectivity index (χ0v) is 27.7. The van der Waals surface area contributed by atoms with Gasteiger partial charge in [0.1, 0.15) is 0 Å². The van der Waals surface area contributed by atoms with Crippen LogP contribution in [0.1, 0.15) is 0 Å². The van der Waals surface area contributed by atoms with Crippen molar-refractivity contribution in [3.8, 4) is 0 Å². The van der Waals surface area contributed by atoms with Crippen molar-refractivity contribution in [1.29, 1.82) is 0 Å². The van der Waals surface area contributed by atoms with E-state index in [9.17, 15) is 0 Å². The summed E-state index contributed by atoms with van der Waals surface area (Å²) in [6.45, 7) is 9.00. The average Bonchev–Trinajstić information content (AvgIpc) is 3.10. The summed E-state index contributed by atoms with van der Waals surface area (Å²) in [4.78, 5) is 15.0. The van der Waals surface area contributed by atoms with E-state index in [1.165, 1.54) is 31.8 Å². The number of benzene rings is 6. The topological polar surface area (TPSA) is 34.1 Å². The van der Waals surface area contributed by atoms with Gasteiger partial charge in [0.25, 0.3) is 13.6 Å². The molecular weight excluding hydrogens is 743 g/mol. The third kappa shape index (κ3) is 10.7. The Labute approximate surface area is 271 Å². The summed E-state index contributed by atoms with van der Waals surface area (Å²) < 4.78 is 0. The van der Waals surface area contributed by atoms with E-state index in [1.807, 2.05) is 0 Å². The monoisotopic (exact) mass is 774 g/mol. The minimum Gasteiger partial charge on any atom is -0.0622 e. The van der Waals surface area contributed by atoms with Crippen molar-refractivity contribution in [2.75, 3.05) is 0 Å². The minimum absolute atomic E-state index is 0. The van der Waals surface area contributed by atoms with Gasteiger partial charge in [0.05, 0.1) is 0 Å². The SMILES string of the molecule is [C]=O.[C]=O.[IrH].c1ccc(P(c2ccccc2)c2ccccc2)cc1.c1ccc(P(c2ccccc2)c2ccccc2)cc1. The van der Waals surface area contributed by atoms with Gasteiger partial charge in [-0.1, -0.05) is 182 Å². The molecule has 0 aliphatic carbocycles. The third-order valence-electron chi connectivity index (χ3n) is 6.09. The molecule has 0 saturated carbocycles. The molecule has 0 saturated heterocycles. The van der Waals surface area contributed by atoms with Crippen molar-refractivity contribution >= 4 is 61.2 Å². The summed E-state index contributed by atoms with van der Waals surface area (Å²) in [6, 6.07) is 64.7. The molecule has 0 fully saturated rings. The first-order valence-corrected chi connectivity index (χ1v) is 15.9. The predicted octanol–water partition coefficient (Wildman–Crippen LogP) is 5.83. The Morgan fingerprint density at radius 2 is 0.372 bits per heavy atom. The predicted molar refractivity (Wildman–Crippen MR) is 183 cm³/mol. The van der Waals surface area contributed by atoms with Crippen LogP contribution < -0.4 is 31.8 Å². The Morgan fingerprint density at radius 1 is 0.256 bits per heavy atom. The number of hydrogen-bond donors (Lipinski definition) is 0. The van der Waals surface area contributed by atoms with Gasteiger partial charge in [-0.3, -0.25) is 9.59 Å². The molecule has 6 aromatic carbocycles. The van der Waals surface area contributed by atoms with Gasteiger partial charge < -0.3 is 0 Å². The zero-order valence-electron chi connectivity index (χ0n) is 23.4. The Kier molecular flexibility index (Phi) is 17.2. The van der Waals surface area contributed by atoms with Gasteiger partial charge in [0, 0.05) is 0 Å². The van der Waals surface area contributed by atoms with E-state index in [0.29, 0.717) is 0 Å². The van der Waals surface area contributed by atoms with Crippen molar-refractivity contribution in [1.82, 2.24) is 0 Å². The van der Waals surface area contributed by atoms with Crippen molar-refractivity contribution < 1.29 is 29.7 Å². The second-order valence-electron chi connectivity index (χ2n) is 8.68. The molecule has 0 amide bonds. The molecule has 2 nitrogen and oxygen atoms in total. The first kappa shape index (κ1) is 35.4. The van der Waals surface area contributed by atoms with Gasteiger partial charge in [-0.2, -0.15) is 0 Å². The molecule has 0 N–H and O–H groups in total. The molecule has 6 aromatic rings. The fraction of sp³-hybridized carbons (Fsp3) is 0. The van der Waals surface area contributed by atoms with E-state index in [-0.39, 0.29) is 20.1 Å². The van der Waals surface area contributed by atoms with Gasteiger partial charge in [-0.05, 0) is 47.7 Å². The average molecular weight is 774 g/mol. The van der Waals surface area contributed by atoms with Crippen LogP contribution >= 0.6 is 15.8 Å². The molecule has 6 rings (SSSR count). The second-order valence-corrected chi connectivity index (χ2v) is 13.1. The van der Waals surface area contributed by atoms with Crippen LogP contribution in [0.3, 0.4) is 0 Å². The van der Waals surface area contributed by atoms with Crippen molar-refractivity contribution in [3.05, 3.63) is 182 Å². The van der Waals surface area contributed by atoms with Crippen LogP contribution in [0.15, 0.2) is 182 Å². The quantitative estimate of drug-likeness (QED) is 0.200. The fourth-order valence-electron chi connectivity index (χ4n) is 4.36. The van der Waals surface area contributed by atoms with E-state index in [0.717, 1.165) is 0 Å². The molecule has 43 heavy (non-hydrogen) atoms. The molecule has 0 atom stereocenters. The van der Waals surface area contributed by atoms with Gasteiger partial charge in [-0.15, -0.1) is 0 Å². The zero-order chi connectivity index (χ0) is 29.8. The molecule has 0 aliphatic rings. The summed E-state index contributed by atoms with van der Waals surface area (Å²) in [5.74, 6) is 0. The Hall–Kier alpha value is -3.83. The molecular formula is C38H31IrO2P2. The van der Waals surface area contributed by atoms with Crippen LogP contribution in [-0.4, -0.2) is 13.6 Å². The maximum Gasteiger partial charge on any atom is -0.0134 e. The third-order valence-corrected chi connectivity index (χ3v) is 11.0. The summed E-state index contributed by atoms with van der Waals surface area (Å²) in [5.41, 5.74) is 0. The van der Waals surface area contributed by atoms with E-state index < -0.39 is 15.8 Å². The van der Waals surface area contributed by atoms with Crippen LogP contribution in [0.2, 0.25) is 0 Å². The first-order chi connectivity index (χ1) is 20.9. The second kappa shape index (κ2) is 21.0. The molecule has 0 spiro atoms. The number of rotatable bonds is 6. The molecule has 5 radical (unpaired) electrons. The van der Waals surface area contributed by atoms with Crippen molar-refractivity contribution in [2.45, 2.75) is 0 Å². The van der Waals surface area contributed by atoms with Crippen LogP contribution in [0.4, 0.5) is 0 Å². The Morgan fingerprint density at radius 3 is 0.488 bits per heavy atom. The van der Waals surface area contributed by atoms with E-state index in [1.54, 1.807) is 0 Å². The largest absolute Gasteiger partial charge is 0.0622 e. The summed E-state index contributed by atoms with van der Waals surface area (Å²) in [5, 5.41) is 8.39. The standard InChI is InChI=1S/2C18H15P.2CO.Ir.H/c2*1-4-10-16(11-5-1)19(17-12-6-2-7-13-17)18-14-8-3-9-15-18;2*1-2;;/h2*1-15H;;;;. The van der Waals surface area contributed by atoms with Gasteiger partial charge in [-0.25, -0.2) is 0 Å². The van der Waals surface area contributed by atoms with Crippen LogP contribution in [0, 0.1) is 0 Å². The normalized spacial score (nSPS) is 9.53. The van der Waals surface area contributed by atoms with E-state index >= 15 is 0 Å². The van der Waals surface area contributed by atoms with Crippen molar-refractivity contribution in [2.24, 2.45) is 0 Å². The Balaban J connectivity index is 0.000000264. The first-order valence-electron chi connectivity index (χ1n) is 13.2. The fourth-order valence-corrected chi connectivity index (χ4v) is 8.97. The molecule has 0 aromatic heterocycles. The number of carbonyl (C=O) groups excluding carboxylic acids is 2. The molecule has 0 unspecified atom stereocenters. The number of hydrogen-bond acceptors (Lipinski definition) is 2. The molecule has 0 bridgehead atoms. The summed E-state index contributed by atoms with van der Waals surface area (Å²) in [7, 11) is -0.892. The summed E-state index contributed by atoms with van der Waals surface area (Å²) in [6.07, 6.45) is 0. The molecule has 0 aliphatic heterocycles. The molecule has 5 heteroatoms. The van der Waals surface area contributed by atoms with Crippen LogP contribution in [0.25, 0.3) is 0 Å². The van der Waals surface area contributed by atoms with Crippen LogP contribution in [0.5, 0.6) is 0 Å². The van der Waals surface area contributed by atoms with Crippen molar-refractivity contribution in [3.63, 3.8) is 0 Å². The Bertz CT molecular complexity index is 1220. The smallest absolute Gasteiger partial charge is 0.0134 e. The maximum atomic E-state index is 7.50. The molecule has 0 heterocycles. The van der Waals surface area contributed by atoms with Crippen LogP contribution in [-0.2, 0) is 29.7 Å². The van der Waals surface area contributed by atoms with E-state index in [4.69, 9.17) is 9.59 Å². The molecule has 214 valence electrons. The summed E-state index contributed by atoms with van der Waals surface area (Å²) >= 11 is 0.